The number of morpholine rings is 1. The zero-order valence-electron chi connectivity index (χ0n) is 18.4. The lowest BCUT2D eigenvalue weighted by atomic mass is 9.95. The van der Waals surface area contributed by atoms with Crippen molar-refractivity contribution in [3.8, 4) is 0 Å². The average Bonchev–Trinajstić information content (AvgIpc) is 3.59. The molecule has 2 aromatic rings. The molecule has 2 saturated heterocycles. The van der Waals surface area contributed by atoms with Crippen molar-refractivity contribution in [2.24, 2.45) is 11.8 Å². The molecular weight excluding hydrogens is 390 g/mol. The van der Waals surface area contributed by atoms with Gasteiger partial charge in [-0.05, 0) is 69.7 Å². The number of amides is 1. The van der Waals surface area contributed by atoms with Crippen molar-refractivity contribution in [3.63, 3.8) is 0 Å². The summed E-state index contributed by atoms with van der Waals surface area (Å²) in [5.74, 6) is 3.27. The molecule has 2 aliphatic heterocycles. The number of fused-ring (bicyclic) bond motifs is 1. The van der Waals surface area contributed by atoms with Gasteiger partial charge >= 0.3 is 0 Å². The van der Waals surface area contributed by atoms with Gasteiger partial charge in [0.2, 0.25) is 5.91 Å². The minimum Gasteiger partial charge on any atom is -0.367 e. The van der Waals surface area contributed by atoms with Crippen molar-refractivity contribution in [2.75, 3.05) is 51.2 Å². The molecule has 0 unspecified atom stereocenters. The lowest BCUT2D eigenvalue weighted by Crippen LogP contribution is -2.51. The highest BCUT2D eigenvalue weighted by atomic mass is 16.5. The number of ether oxygens (including phenoxy) is 1. The van der Waals surface area contributed by atoms with E-state index in [4.69, 9.17) is 4.74 Å². The minimum atomic E-state index is -0.0262. The normalized spacial score (nSPS) is 23.5. The molecule has 1 amide bonds. The summed E-state index contributed by atoms with van der Waals surface area (Å²) in [6.45, 7) is 7.89. The molecule has 3 heterocycles. The van der Waals surface area contributed by atoms with E-state index in [2.05, 4.69) is 20.2 Å². The van der Waals surface area contributed by atoms with Crippen molar-refractivity contribution >= 4 is 22.6 Å². The Morgan fingerprint density at radius 2 is 1.84 bits per heavy atom. The smallest absolute Gasteiger partial charge is 0.248 e. The molecule has 1 aromatic heterocycles. The fourth-order valence-corrected chi connectivity index (χ4v) is 4.85. The fourth-order valence-electron chi connectivity index (χ4n) is 4.85. The van der Waals surface area contributed by atoms with E-state index < -0.39 is 0 Å². The Bertz CT molecular complexity index is 923. The third-order valence-electron chi connectivity index (χ3n) is 6.83. The second-order valence-electron chi connectivity index (χ2n) is 9.44. The summed E-state index contributed by atoms with van der Waals surface area (Å²) in [6.07, 6.45) is 5.21. The topological polar surface area (TPSA) is 70.6 Å². The predicted octanol–water partition coefficient (Wildman–Crippen LogP) is 2.70. The molecule has 166 valence electrons. The van der Waals surface area contributed by atoms with Gasteiger partial charge in [0.05, 0.1) is 11.6 Å². The van der Waals surface area contributed by atoms with Crippen LogP contribution in [0.15, 0.2) is 24.3 Å². The van der Waals surface area contributed by atoms with Crippen LogP contribution in [-0.4, -0.2) is 77.7 Å². The van der Waals surface area contributed by atoms with Crippen molar-refractivity contribution in [1.82, 2.24) is 19.8 Å². The van der Waals surface area contributed by atoms with Crippen molar-refractivity contribution in [1.29, 1.82) is 0 Å². The first-order valence-corrected chi connectivity index (χ1v) is 11.7. The second-order valence-corrected chi connectivity index (χ2v) is 9.44. The van der Waals surface area contributed by atoms with Crippen LogP contribution in [0.25, 0.3) is 10.9 Å². The minimum absolute atomic E-state index is 0.0262. The monoisotopic (exact) mass is 423 g/mol. The maximum atomic E-state index is 12.5. The van der Waals surface area contributed by atoms with Gasteiger partial charge in [-0.25, -0.2) is 9.97 Å². The van der Waals surface area contributed by atoms with Crippen LogP contribution < -0.4 is 5.32 Å². The van der Waals surface area contributed by atoms with Gasteiger partial charge in [-0.15, -0.1) is 0 Å². The second kappa shape index (κ2) is 9.09. The summed E-state index contributed by atoms with van der Waals surface area (Å²) in [5.41, 5.74) is 0.937. The summed E-state index contributed by atoms with van der Waals surface area (Å²) in [4.78, 5) is 26.2. The lowest BCUT2D eigenvalue weighted by Gasteiger charge is -2.38. The van der Waals surface area contributed by atoms with Crippen LogP contribution in [0.2, 0.25) is 0 Å². The molecule has 31 heavy (non-hydrogen) atoms. The first-order chi connectivity index (χ1) is 15.1. The maximum Gasteiger partial charge on any atom is 0.248 e. The van der Waals surface area contributed by atoms with Crippen molar-refractivity contribution in [3.05, 3.63) is 30.1 Å². The van der Waals surface area contributed by atoms with Crippen LogP contribution in [0.5, 0.6) is 0 Å². The molecule has 0 radical (unpaired) electrons. The van der Waals surface area contributed by atoms with E-state index in [1.54, 1.807) is 0 Å². The number of carbonyl (C=O) groups is 1. The molecule has 3 aliphatic rings. The standard InChI is InChI=1S/C24H33N5O2/c1-17-26-22-5-3-2-4-21(22)24(27-17)25-12-20-15-29(23(30)16-31-20)14-19-8-10-28(11-9-19)13-18-6-7-18/h2-5,18-20H,6-16H2,1H3,(H,25,26,27)/t20-/m1/s1. The highest BCUT2D eigenvalue weighted by molar-refractivity contribution is 5.89. The number of para-hydroxylation sites is 1. The average molecular weight is 424 g/mol. The van der Waals surface area contributed by atoms with Gasteiger partial charge in [-0.3, -0.25) is 4.79 Å². The number of hydrogen-bond donors (Lipinski definition) is 1. The van der Waals surface area contributed by atoms with Gasteiger partial charge < -0.3 is 19.9 Å². The number of piperidine rings is 1. The Balaban J connectivity index is 1.14. The Labute approximate surface area is 184 Å². The number of hydrogen-bond acceptors (Lipinski definition) is 6. The summed E-state index contributed by atoms with van der Waals surface area (Å²) < 4.78 is 5.84. The molecule has 1 saturated carbocycles. The number of rotatable bonds is 7. The Morgan fingerprint density at radius 3 is 2.65 bits per heavy atom. The first-order valence-electron chi connectivity index (χ1n) is 11.7. The zero-order chi connectivity index (χ0) is 21.2. The lowest BCUT2D eigenvalue weighted by molar-refractivity contribution is -0.149. The van der Waals surface area contributed by atoms with Crippen molar-refractivity contribution < 1.29 is 9.53 Å². The summed E-state index contributed by atoms with van der Waals surface area (Å²) >= 11 is 0. The quantitative estimate of drug-likeness (QED) is 0.738. The molecule has 3 fully saturated rings. The third kappa shape index (κ3) is 5.15. The molecule has 1 aromatic carbocycles. The van der Waals surface area contributed by atoms with Crippen LogP contribution in [0, 0.1) is 18.8 Å². The summed E-state index contributed by atoms with van der Waals surface area (Å²) in [6, 6.07) is 8.02. The maximum absolute atomic E-state index is 12.5. The van der Waals surface area contributed by atoms with E-state index in [9.17, 15) is 4.79 Å². The highest BCUT2D eigenvalue weighted by Gasteiger charge is 2.31. The number of nitrogens with one attached hydrogen (secondary N) is 1. The van der Waals surface area contributed by atoms with E-state index in [1.165, 1.54) is 45.3 Å². The zero-order valence-corrected chi connectivity index (χ0v) is 18.4. The highest BCUT2D eigenvalue weighted by Crippen LogP contribution is 2.31. The number of aryl methyl sites for hydroxylation is 1. The number of nitrogens with zero attached hydrogens (tertiary/aromatic N) is 4. The van der Waals surface area contributed by atoms with E-state index >= 15 is 0 Å². The third-order valence-corrected chi connectivity index (χ3v) is 6.83. The fraction of sp³-hybridized carbons (Fsp3) is 0.625. The van der Waals surface area contributed by atoms with Gasteiger partial charge in [0.1, 0.15) is 18.2 Å². The molecule has 7 heteroatoms. The number of likely N-dealkylation sites (tertiary alicyclic amines) is 1. The molecule has 1 aliphatic carbocycles. The van der Waals surface area contributed by atoms with E-state index in [0.717, 1.165) is 35.0 Å². The van der Waals surface area contributed by atoms with Gasteiger partial charge in [0.15, 0.2) is 0 Å². The van der Waals surface area contributed by atoms with Gasteiger partial charge in [0.25, 0.3) is 0 Å². The Hall–Kier alpha value is -2.25. The number of benzene rings is 1. The number of anilines is 1. The van der Waals surface area contributed by atoms with Crippen LogP contribution >= 0.6 is 0 Å². The van der Waals surface area contributed by atoms with E-state index in [1.807, 2.05) is 36.1 Å². The summed E-state index contributed by atoms with van der Waals surface area (Å²) in [7, 11) is 0. The van der Waals surface area contributed by atoms with Crippen LogP contribution in [-0.2, 0) is 9.53 Å². The first kappa shape index (κ1) is 20.6. The van der Waals surface area contributed by atoms with Gasteiger partial charge in [-0.2, -0.15) is 0 Å². The van der Waals surface area contributed by atoms with Crippen LogP contribution in [0.1, 0.15) is 31.5 Å². The molecule has 7 nitrogen and oxygen atoms in total. The van der Waals surface area contributed by atoms with Crippen LogP contribution in [0.3, 0.4) is 0 Å². The largest absolute Gasteiger partial charge is 0.367 e. The molecule has 0 spiro atoms. The number of carbonyl (C=O) groups excluding carboxylic acids is 1. The molecular formula is C24H33N5O2. The predicted molar refractivity (Wildman–Crippen MR) is 121 cm³/mol. The summed E-state index contributed by atoms with van der Waals surface area (Å²) in [5, 5.41) is 4.46. The SMILES string of the molecule is Cc1nc(NC[C@@H]2CN(CC3CCN(CC4CC4)CC3)C(=O)CO2)c2ccccc2n1. The van der Waals surface area contributed by atoms with E-state index in [0.29, 0.717) is 19.0 Å². The van der Waals surface area contributed by atoms with Gasteiger partial charge in [0, 0.05) is 31.6 Å². The Kier molecular flexibility index (Phi) is 6.05. The number of aromatic nitrogens is 2. The Morgan fingerprint density at radius 1 is 1.06 bits per heavy atom. The van der Waals surface area contributed by atoms with Gasteiger partial charge in [-0.1, -0.05) is 12.1 Å². The molecule has 1 atom stereocenters. The molecule has 5 rings (SSSR count). The van der Waals surface area contributed by atoms with E-state index in [-0.39, 0.29) is 18.6 Å². The molecule has 1 N–H and O–H groups in total. The van der Waals surface area contributed by atoms with Crippen molar-refractivity contribution in [2.45, 2.75) is 38.7 Å². The molecule has 0 bridgehead atoms. The van der Waals surface area contributed by atoms with Crippen LogP contribution in [0.4, 0.5) is 5.82 Å².